The number of hydrogen-bond donors (Lipinski definition) is 2. The third-order valence-corrected chi connectivity index (χ3v) is 2.38. The molecule has 0 unspecified atom stereocenters. The lowest BCUT2D eigenvalue weighted by atomic mass is 10.0. The number of rotatable bonds is 4. The Morgan fingerprint density at radius 3 is 2.42 bits per heavy atom. The van der Waals surface area contributed by atoms with Crippen molar-refractivity contribution in [3.63, 3.8) is 0 Å². The zero-order valence-corrected chi connectivity index (χ0v) is 10.0. The van der Waals surface area contributed by atoms with E-state index in [1.165, 1.54) is 12.1 Å². The van der Waals surface area contributed by atoms with Crippen molar-refractivity contribution in [3.05, 3.63) is 29.3 Å². The van der Waals surface area contributed by atoms with Crippen molar-refractivity contribution in [2.45, 2.75) is 25.9 Å². The van der Waals surface area contributed by atoms with E-state index >= 15 is 0 Å². The molecule has 1 aromatic carbocycles. The quantitative estimate of drug-likeness (QED) is 0.888. The highest BCUT2D eigenvalue weighted by atomic mass is 19.4. The van der Waals surface area contributed by atoms with Crippen LogP contribution in [0, 0.1) is 0 Å². The fraction of sp³-hybridized carbons (Fsp3) is 0.333. The maximum Gasteiger partial charge on any atom is 0.471 e. The molecule has 0 aliphatic heterocycles. The third kappa shape index (κ3) is 3.97. The van der Waals surface area contributed by atoms with Crippen molar-refractivity contribution in [1.29, 1.82) is 0 Å². The van der Waals surface area contributed by atoms with Crippen LogP contribution >= 0.6 is 0 Å². The van der Waals surface area contributed by atoms with Crippen LogP contribution in [0.25, 0.3) is 0 Å². The number of halogens is 3. The van der Waals surface area contributed by atoms with Gasteiger partial charge in [0.2, 0.25) is 0 Å². The van der Waals surface area contributed by atoms with Crippen LogP contribution in [0.3, 0.4) is 0 Å². The summed E-state index contributed by atoms with van der Waals surface area (Å²) in [4.78, 5) is 21.7. The van der Waals surface area contributed by atoms with Gasteiger partial charge in [0.05, 0.1) is 5.56 Å². The van der Waals surface area contributed by atoms with Crippen molar-refractivity contribution >= 4 is 17.6 Å². The van der Waals surface area contributed by atoms with Gasteiger partial charge in [-0.15, -0.1) is 0 Å². The van der Waals surface area contributed by atoms with Gasteiger partial charge in [-0.1, -0.05) is 19.4 Å². The molecule has 4 nitrogen and oxygen atoms in total. The van der Waals surface area contributed by atoms with E-state index in [0.29, 0.717) is 18.4 Å². The molecule has 0 bridgehead atoms. The van der Waals surface area contributed by atoms with Crippen LogP contribution in [0.2, 0.25) is 0 Å². The summed E-state index contributed by atoms with van der Waals surface area (Å²) in [6.45, 7) is 1.82. The van der Waals surface area contributed by atoms with Crippen LogP contribution < -0.4 is 5.32 Å². The topological polar surface area (TPSA) is 66.4 Å². The van der Waals surface area contributed by atoms with Crippen LogP contribution in [0.1, 0.15) is 29.3 Å². The van der Waals surface area contributed by atoms with Gasteiger partial charge >= 0.3 is 18.1 Å². The van der Waals surface area contributed by atoms with E-state index in [9.17, 15) is 22.8 Å². The average Bonchev–Trinajstić information content (AvgIpc) is 2.30. The van der Waals surface area contributed by atoms with Crippen molar-refractivity contribution < 1.29 is 27.9 Å². The van der Waals surface area contributed by atoms with Crippen LogP contribution in [-0.2, 0) is 11.2 Å². The number of alkyl halides is 3. The first-order chi connectivity index (χ1) is 8.75. The van der Waals surface area contributed by atoms with Crippen LogP contribution in [0.15, 0.2) is 18.2 Å². The molecule has 0 spiro atoms. The van der Waals surface area contributed by atoms with Crippen LogP contribution in [0.5, 0.6) is 0 Å². The number of aryl methyl sites for hydroxylation is 1. The number of benzene rings is 1. The maximum absolute atomic E-state index is 12.2. The smallest absolute Gasteiger partial charge is 0.471 e. The molecule has 0 aromatic heterocycles. The van der Waals surface area contributed by atoms with Crippen molar-refractivity contribution in [2.75, 3.05) is 5.32 Å². The van der Waals surface area contributed by atoms with Crippen LogP contribution in [0.4, 0.5) is 18.9 Å². The molecule has 0 atom stereocenters. The zero-order valence-electron chi connectivity index (χ0n) is 10.0. The number of carboxylic acids is 1. The molecule has 1 rings (SSSR count). The molecule has 2 N–H and O–H groups in total. The Hall–Kier alpha value is -2.05. The monoisotopic (exact) mass is 275 g/mol. The lowest BCUT2D eigenvalue weighted by molar-refractivity contribution is -0.167. The summed E-state index contributed by atoms with van der Waals surface area (Å²) in [6.07, 6.45) is -3.92. The van der Waals surface area contributed by atoms with E-state index < -0.39 is 18.1 Å². The van der Waals surface area contributed by atoms with Gasteiger partial charge in [-0.2, -0.15) is 13.2 Å². The highest BCUT2D eigenvalue weighted by Gasteiger charge is 2.39. The molecule has 0 fully saturated rings. The minimum Gasteiger partial charge on any atom is -0.478 e. The number of hydrogen-bond acceptors (Lipinski definition) is 2. The number of anilines is 1. The van der Waals surface area contributed by atoms with Gasteiger partial charge in [0.25, 0.3) is 0 Å². The highest BCUT2D eigenvalue weighted by molar-refractivity contribution is 5.97. The number of amides is 1. The zero-order chi connectivity index (χ0) is 14.6. The van der Waals surface area contributed by atoms with E-state index in [1.54, 1.807) is 5.32 Å². The molecule has 0 radical (unpaired) electrons. The van der Waals surface area contributed by atoms with Crippen molar-refractivity contribution in [1.82, 2.24) is 0 Å². The Morgan fingerprint density at radius 2 is 1.95 bits per heavy atom. The Balaban J connectivity index is 3.10. The van der Waals surface area contributed by atoms with Gasteiger partial charge in [-0.3, -0.25) is 4.79 Å². The average molecular weight is 275 g/mol. The van der Waals surface area contributed by atoms with E-state index in [1.807, 2.05) is 6.92 Å². The third-order valence-electron chi connectivity index (χ3n) is 2.38. The first kappa shape index (κ1) is 15.0. The molecule has 1 amide bonds. The molecule has 0 saturated heterocycles. The van der Waals surface area contributed by atoms with Gasteiger partial charge in [-0.25, -0.2) is 4.79 Å². The second kappa shape index (κ2) is 5.73. The largest absolute Gasteiger partial charge is 0.478 e. The Labute approximate surface area is 107 Å². The summed E-state index contributed by atoms with van der Waals surface area (Å²) in [6, 6.07) is 3.71. The summed E-state index contributed by atoms with van der Waals surface area (Å²) >= 11 is 0. The fourth-order valence-electron chi connectivity index (χ4n) is 1.51. The normalized spacial score (nSPS) is 11.2. The maximum atomic E-state index is 12.2. The Bertz CT molecular complexity index is 497. The molecule has 0 heterocycles. The summed E-state index contributed by atoms with van der Waals surface area (Å²) in [5.41, 5.74) is 0.159. The molecule has 7 heteroatoms. The fourth-order valence-corrected chi connectivity index (χ4v) is 1.51. The molecule has 1 aromatic rings. The summed E-state index contributed by atoms with van der Waals surface area (Å²) in [7, 11) is 0. The lowest BCUT2D eigenvalue weighted by Gasteiger charge is -2.13. The number of carbonyl (C=O) groups excluding carboxylic acids is 1. The van der Waals surface area contributed by atoms with Gasteiger partial charge in [0, 0.05) is 5.69 Å². The number of carboxylic acid groups (broad SMARTS) is 1. The van der Waals surface area contributed by atoms with Crippen LogP contribution in [-0.4, -0.2) is 23.2 Å². The predicted octanol–water partition coefficient (Wildman–Crippen LogP) is 2.84. The Morgan fingerprint density at radius 1 is 1.32 bits per heavy atom. The molecule has 0 saturated carbocycles. The molecule has 0 aliphatic carbocycles. The van der Waals surface area contributed by atoms with Gasteiger partial charge in [-0.05, 0) is 24.1 Å². The summed E-state index contributed by atoms with van der Waals surface area (Å²) in [5.74, 6) is -3.39. The minimum absolute atomic E-state index is 0.121. The molecular weight excluding hydrogens is 263 g/mol. The first-order valence-electron chi connectivity index (χ1n) is 5.50. The second-order valence-corrected chi connectivity index (χ2v) is 3.88. The molecule has 104 valence electrons. The van der Waals surface area contributed by atoms with Gasteiger partial charge in [0.1, 0.15) is 0 Å². The van der Waals surface area contributed by atoms with E-state index in [-0.39, 0.29) is 11.3 Å². The summed E-state index contributed by atoms with van der Waals surface area (Å²) < 4.78 is 36.5. The van der Waals surface area contributed by atoms with Gasteiger partial charge in [0.15, 0.2) is 0 Å². The predicted molar refractivity (Wildman–Crippen MR) is 62.1 cm³/mol. The van der Waals surface area contributed by atoms with Gasteiger partial charge < -0.3 is 10.4 Å². The van der Waals surface area contributed by atoms with E-state index in [2.05, 4.69) is 0 Å². The molecule has 19 heavy (non-hydrogen) atoms. The number of aromatic carboxylic acids is 1. The molecular formula is C12H12F3NO3. The standard InChI is InChI=1S/C12H12F3NO3/c1-2-3-7-4-5-8(10(17)18)6-9(7)16-11(19)12(13,14)15/h4-6H,2-3H2,1H3,(H,16,19)(H,17,18). The van der Waals surface area contributed by atoms with Crippen molar-refractivity contribution in [3.8, 4) is 0 Å². The number of carbonyl (C=O) groups is 2. The van der Waals surface area contributed by atoms with E-state index in [4.69, 9.17) is 5.11 Å². The SMILES string of the molecule is CCCc1ccc(C(=O)O)cc1NC(=O)C(F)(F)F. The molecule has 0 aliphatic rings. The minimum atomic E-state index is -5.01. The Kier molecular flexibility index (Phi) is 4.52. The highest BCUT2D eigenvalue weighted by Crippen LogP contribution is 2.23. The van der Waals surface area contributed by atoms with E-state index in [0.717, 1.165) is 6.07 Å². The lowest BCUT2D eigenvalue weighted by Crippen LogP contribution is -2.30. The first-order valence-corrected chi connectivity index (χ1v) is 5.50. The second-order valence-electron chi connectivity index (χ2n) is 3.88. The summed E-state index contributed by atoms with van der Waals surface area (Å²) in [5, 5.41) is 10.5. The van der Waals surface area contributed by atoms with Crippen molar-refractivity contribution in [2.24, 2.45) is 0 Å². The number of nitrogens with one attached hydrogen (secondary N) is 1.